The first-order valence-electron chi connectivity index (χ1n) is 13.4. The monoisotopic (exact) mass is 584 g/mol. The Labute approximate surface area is 249 Å². The second kappa shape index (κ2) is 11.3. The SMILES string of the molecule is COc1cc(N2C(=S)N[C@@H](c3ccccn3)[C@@H]2c2ccc(-c3ccc(C(=O)O)cc3C)o2)ccc1NC(=O)C(C)(C)C. The number of carbonyl (C=O) groups is 2. The molecule has 5 rings (SSSR count). The van der Waals surface area contributed by atoms with Crippen molar-refractivity contribution in [1.29, 1.82) is 0 Å². The number of amides is 1. The minimum absolute atomic E-state index is 0.130. The van der Waals surface area contributed by atoms with E-state index >= 15 is 0 Å². The van der Waals surface area contributed by atoms with Crippen LogP contribution in [-0.4, -0.2) is 34.2 Å². The van der Waals surface area contributed by atoms with E-state index in [9.17, 15) is 14.7 Å². The zero-order valence-corrected chi connectivity index (χ0v) is 24.8. The average Bonchev–Trinajstić information content (AvgIpc) is 3.57. The van der Waals surface area contributed by atoms with Gasteiger partial charge in [-0.2, -0.15) is 0 Å². The van der Waals surface area contributed by atoms with Gasteiger partial charge >= 0.3 is 5.97 Å². The number of nitrogens with one attached hydrogen (secondary N) is 2. The van der Waals surface area contributed by atoms with Crippen molar-refractivity contribution in [2.75, 3.05) is 17.3 Å². The molecule has 0 saturated carbocycles. The number of aromatic carboxylic acids is 1. The second-order valence-electron chi connectivity index (χ2n) is 11.1. The molecule has 0 bridgehead atoms. The van der Waals surface area contributed by atoms with Gasteiger partial charge < -0.3 is 29.8 Å². The van der Waals surface area contributed by atoms with Gasteiger partial charge in [-0.1, -0.05) is 32.9 Å². The first-order valence-corrected chi connectivity index (χ1v) is 13.8. The molecule has 216 valence electrons. The van der Waals surface area contributed by atoms with Crippen LogP contribution in [0.25, 0.3) is 11.3 Å². The van der Waals surface area contributed by atoms with Crippen molar-refractivity contribution in [3.8, 4) is 17.1 Å². The Bertz CT molecular complexity index is 1660. The summed E-state index contributed by atoms with van der Waals surface area (Å²) in [4.78, 5) is 30.6. The molecule has 3 N–H and O–H groups in total. The number of ether oxygens (including phenoxy) is 1. The molecule has 0 unspecified atom stereocenters. The molecule has 3 heterocycles. The lowest BCUT2D eigenvalue weighted by atomic mass is 9.95. The third-order valence-electron chi connectivity index (χ3n) is 7.15. The Morgan fingerprint density at radius 2 is 1.88 bits per heavy atom. The van der Waals surface area contributed by atoms with E-state index in [1.807, 2.05) is 75.1 Å². The Kier molecular flexibility index (Phi) is 7.74. The summed E-state index contributed by atoms with van der Waals surface area (Å²) in [6, 6.07) is 19.2. The number of furan rings is 1. The highest BCUT2D eigenvalue weighted by Gasteiger charge is 2.43. The standard InChI is InChI=1S/C32H32N4O5S/c1-18-16-19(29(37)38)9-11-21(18)24-13-14-25(41-24)28-27(23-8-6-7-15-33-23)35-31(42)36(28)20-10-12-22(26(17-20)40-5)34-30(39)32(2,3)4/h6-17,27-28H,1-5H3,(H,34,39)(H,35,42)(H,37,38)/t27-,28-/m0/s1. The van der Waals surface area contributed by atoms with E-state index in [1.165, 1.54) is 0 Å². The predicted molar refractivity (Wildman–Crippen MR) is 165 cm³/mol. The Balaban J connectivity index is 1.56. The summed E-state index contributed by atoms with van der Waals surface area (Å²) in [6.45, 7) is 7.39. The maximum atomic E-state index is 12.7. The summed E-state index contributed by atoms with van der Waals surface area (Å²) in [5.74, 6) is 0.620. The number of benzene rings is 2. The molecule has 2 aromatic heterocycles. The molecular formula is C32H32N4O5S. The average molecular weight is 585 g/mol. The smallest absolute Gasteiger partial charge is 0.335 e. The number of carboxylic acid groups (broad SMARTS) is 1. The number of aryl methyl sites for hydroxylation is 1. The first kappa shape index (κ1) is 28.8. The van der Waals surface area contributed by atoms with Crippen LogP contribution in [0.5, 0.6) is 5.75 Å². The lowest BCUT2D eigenvalue weighted by molar-refractivity contribution is -0.123. The van der Waals surface area contributed by atoms with Crippen LogP contribution >= 0.6 is 12.2 Å². The number of hydrogen-bond donors (Lipinski definition) is 3. The Morgan fingerprint density at radius 1 is 1.10 bits per heavy atom. The number of aromatic nitrogens is 1. The molecule has 10 heteroatoms. The normalized spacial score (nSPS) is 16.7. The summed E-state index contributed by atoms with van der Waals surface area (Å²) < 4.78 is 12.1. The van der Waals surface area contributed by atoms with Crippen LogP contribution in [0.15, 0.2) is 77.3 Å². The van der Waals surface area contributed by atoms with Crippen LogP contribution in [-0.2, 0) is 4.79 Å². The summed E-state index contributed by atoms with van der Waals surface area (Å²) in [5.41, 5.74) is 3.29. The fourth-order valence-electron chi connectivity index (χ4n) is 4.89. The lowest BCUT2D eigenvalue weighted by Crippen LogP contribution is -2.30. The fourth-order valence-corrected chi connectivity index (χ4v) is 5.24. The number of nitrogens with zero attached hydrogens (tertiary/aromatic N) is 2. The van der Waals surface area contributed by atoms with E-state index in [-0.39, 0.29) is 17.5 Å². The minimum atomic E-state index is -0.983. The number of methoxy groups -OCH3 is 1. The number of rotatable bonds is 7. The zero-order valence-electron chi connectivity index (χ0n) is 24.0. The van der Waals surface area contributed by atoms with Crippen molar-refractivity contribution >= 4 is 40.6 Å². The van der Waals surface area contributed by atoms with Crippen LogP contribution < -0.4 is 20.3 Å². The van der Waals surface area contributed by atoms with Gasteiger partial charge in [0.1, 0.15) is 23.3 Å². The third-order valence-corrected chi connectivity index (χ3v) is 7.46. The molecule has 2 atom stereocenters. The highest BCUT2D eigenvalue weighted by atomic mass is 32.1. The van der Waals surface area contributed by atoms with Crippen LogP contribution in [0.1, 0.15) is 60.2 Å². The van der Waals surface area contributed by atoms with Gasteiger partial charge in [-0.25, -0.2) is 4.79 Å². The van der Waals surface area contributed by atoms with E-state index in [0.29, 0.717) is 28.1 Å². The van der Waals surface area contributed by atoms with Gasteiger partial charge in [-0.05, 0) is 73.2 Å². The number of anilines is 2. The minimum Gasteiger partial charge on any atom is -0.494 e. The molecule has 1 aliphatic heterocycles. The zero-order chi connectivity index (χ0) is 30.2. The molecule has 9 nitrogen and oxygen atoms in total. The molecular weight excluding hydrogens is 552 g/mol. The largest absolute Gasteiger partial charge is 0.494 e. The van der Waals surface area contributed by atoms with Crippen molar-refractivity contribution in [2.45, 2.75) is 39.8 Å². The van der Waals surface area contributed by atoms with Gasteiger partial charge in [0, 0.05) is 28.9 Å². The summed E-state index contributed by atoms with van der Waals surface area (Å²) in [6.07, 6.45) is 1.73. The van der Waals surface area contributed by atoms with E-state index in [0.717, 1.165) is 22.5 Å². The van der Waals surface area contributed by atoms with Crippen molar-refractivity contribution < 1.29 is 23.8 Å². The summed E-state index contributed by atoms with van der Waals surface area (Å²) in [7, 11) is 1.55. The molecule has 1 fully saturated rings. The summed E-state index contributed by atoms with van der Waals surface area (Å²) in [5, 5.41) is 16.2. The highest BCUT2D eigenvalue weighted by molar-refractivity contribution is 7.80. The van der Waals surface area contributed by atoms with Gasteiger partial charge in [0.2, 0.25) is 5.91 Å². The van der Waals surface area contributed by atoms with Gasteiger partial charge in [0.25, 0.3) is 0 Å². The summed E-state index contributed by atoms with van der Waals surface area (Å²) >= 11 is 5.85. The third kappa shape index (κ3) is 5.58. The Hall–Kier alpha value is -4.70. The fraction of sp³-hybridized carbons (Fsp3) is 0.250. The van der Waals surface area contributed by atoms with Crippen molar-refractivity contribution in [1.82, 2.24) is 10.3 Å². The van der Waals surface area contributed by atoms with Gasteiger partial charge in [-0.3, -0.25) is 9.78 Å². The molecule has 0 aliphatic carbocycles. The van der Waals surface area contributed by atoms with E-state index in [1.54, 1.807) is 37.6 Å². The van der Waals surface area contributed by atoms with E-state index in [4.69, 9.17) is 21.4 Å². The first-order chi connectivity index (χ1) is 20.0. The van der Waals surface area contributed by atoms with Gasteiger partial charge in [0.05, 0.1) is 30.1 Å². The van der Waals surface area contributed by atoms with Crippen LogP contribution in [0.4, 0.5) is 11.4 Å². The molecule has 0 radical (unpaired) electrons. The van der Waals surface area contributed by atoms with Crippen molar-refractivity contribution in [2.24, 2.45) is 5.41 Å². The highest BCUT2D eigenvalue weighted by Crippen LogP contribution is 2.44. The van der Waals surface area contributed by atoms with Gasteiger partial charge in [-0.15, -0.1) is 0 Å². The molecule has 2 aromatic carbocycles. The maximum Gasteiger partial charge on any atom is 0.335 e. The van der Waals surface area contributed by atoms with Crippen molar-refractivity contribution in [3.63, 3.8) is 0 Å². The maximum absolute atomic E-state index is 12.7. The van der Waals surface area contributed by atoms with E-state index in [2.05, 4.69) is 15.6 Å². The number of carbonyl (C=O) groups excluding carboxylic acids is 1. The van der Waals surface area contributed by atoms with Crippen molar-refractivity contribution in [3.05, 3.63) is 95.5 Å². The number of hydrogen-bond acceptors (Lipinski definition) is 6. The number of thiocarbonyl (C=S) groups is 1. The molecule has 4 aromatic rings. The predicted octanol–water partition coefficient (Wildman–Crippen LogP) is 6.52. The van der Waals surface area contributed by atoms with Crippen LogP contribution in [0.2, 0.25) is 0 Å². The second-order valence-corrected chi connectivity index (χ2v) is 11.5. The number of pyridine rings is 1. The molecule has 1 amide bonds. The van der Waals surface area contributed by atoms with E-state index < -0.39 is 17.4 Å². The van der Waals surface area contributed by atoms with Gasteiger partial charge in [0.15, 0.2) is 5.11 Å². The molecule has 0 spiro atoms. The van der Waals surface area contributed by atoms with Crippen LogP contribution in [0.3, 0.4) is 0 Å². The lowest BCUT2D eigenvalue weighted by Gasteiger charge is -2.27. The number of carboxylic acids is 1. The molecule has 1 aliphatic rings. The Morgan fingerprint density at radius 3 is 2.52 bits per heavy atom. The molecule has 1 saturated heterocycles. The van der Waals surface area contributed by atoms with Crippen LogP contribution in [0, 0.1) is 12.3 Å². The molecule has 42 heavy (non-hydrogen) atoms. The topological polar surface area (TPSA) is 117 Å². The quantitative estimate of drug-likeness (QED) is 0.209.